The molecule has 2 aromatic rings. The summed E-state index contributed by atoms with van der Waals surface area (Å²) in [7, 11) is 0. The fraction of sp³-hybridized carbons (Fsp3) is 0.316. The average Bonchev–Trinajstić information content (AvgIpc) is 2.62. The van der Waals surface area contributed by atoms with Crippen molar-refractivity contribution in [3.8, 4) is 17.4 Å². The Morgan fingerprint density at radius 2 is 2.04 bits per heavy atom. The summed E-state index contributed by atoms with van der Waals surface area (Å²) >= 11 is 0. The van der Waals surface area contributed by atoms with Gasteiger partial charge in [-0.15, -0.1) is 0 Å². The molecular weight excluding hydrogens is 304 g/mol. The molecule has 0 aliphatic carbocycles. The molecule has 24 heavy (non-hydrogen) atoms. The second-order valence-electron chi connectivity index (χ2n) is 5.01. The van der Waals surface area contributed by atoms with Crippen molar-refractivity contribution in [2.24, 2.45) is 0 Å². The Kier molecular flexibility index (Phi) is 7.63. The zero-order valence-electron chi connectivity index (χ0n) is 14.0. The van der Waals surface area contributed by atoms with Crippen LogP contribution >= 0.6 is 0 Å². The number of hydrogen-bond donors (Lipinski definition) is 1. The normalized spacial score (nSPS) is 10.2. The molecule has 5 heteroatoms. The fourth-order valence-corrected chi connectivity index (χ4v) is 2.09. The van der Waals surface area contributed by atoms with E-state index in [0.29, 0.717) is 25.7 Å². The van der Waals surface area contributed by atoms with Crippen LogP contribution in [0, 0.1) is 0 Å². The molecule has 0 spiro atoms. The van der Waals surface area contributed by atoms with Gasteiger partial charge in [-0.25, -0.2) is 4.98 Å². The average molecular weight is 328 g/mol. The molecule has 0 aliphatic rings. The zero-order valence-corrected chi connectivity index (χ0v) is 14.0. The van der Waals surface area contributed by atoms with Crippen molar-refractivity contribution >= 4 is 0 Å². The van der Waals surface area contributed by atoms with Crippen LogP contribution in [0.5, 0.6) is 17.4 Å². The van der Waals surface area contributed by atoms with E-state index in [1.54, 1.807) is 12.3 Å². The van der Waals surface area contributed by atoms with E-state index in [0.717, 1.165) is 30.2 Å². The van der Waals surface area contributed by atoms with E-state index in [1.807, 2.05) is 43.3 Å². The van der Waals surface area contributed by atoms with Crippen LogP contribution in [0.15, 0.2) is 55.3 Å². The first-order valence-corrected chi connectivity index (χ1v) is 8.07. The lowest BCUT2D eigenvalue weighted by Gasteiger charge is -2.13. The highest BCUT2D eigenvalue weighted by molar-refractivity contribution is 5.43. The van der Waals surface area contributed by atoms with Gasteiger partial charge in [0.2, 0.25) is 5.88 Å². The van der Waals surface area contributed by atoms with Crippen LogP contribution in [-0.2, 0) is 6.54 Å². The van der Waals surface area contributed by atoms with Gasteiger partial charge in [0.05, 0.1) is 6.61 Å². The highest BCUT2D eigenvalue weighted by Crippen LogP contribution is 2.28. The molecular formula is C19H24N2O3. The van der Waals surface area contributed by atoms with Gasteiger partial charge in [-0.3, -0.25) is 0 Å². The first-order chi connectivity index (χ1) is 11.8. The summed E-state index contributed by atoms with van der Waals surface area (Å²) in [4.78, 5) is 4.11. The van der Waals surface area contributed by atoms with Gasteiger partial charge in [-0.1, -0.05) is 24.8 Å². The number of nitrogens with zero attached hydrogens (tertiary/aromatic N) is 1. The first-order valence-electron chi connectivity index (χ1n) is 8.07. The quantitative estimate of drug-likeness (QED) is 0.507. The third-order valence-electron chi connectivity index (χ3n) is 3.16. The minimum atomic E-state index is 0.461. The van der Waals surface area contributed by atoms with Crippen molar-refractivity contribution in [1.29, 1.82) is 0 Å². The number of nitrogens with one attached hydrogen (secondary N) is 1. The molecule has 0 saturated heterocycles. The van der Waals surface area contributed by atoms with Gasteiger partial charge in [0.1, 0.15) is 13.2 Å². The molecule has 1 aromatic heterocycles. The third kappa shape index (κ3) is 5.93. The number of ether oxygens (including phenoxy) is 3. The van der Waals surface area contributed by atoms with Crippen molar-refractivity contribution in [3.05, 3.63) is 60.8 Å². The molecule has 0 saturated carbocycles. The Morgan fingerprint density at radius 1 is 1.12 bits per heavy atom. The topological polar surface area (TPSA) is 52.6 Å². The number of rotatable bonds is 11. The van der Waals surface area contributed by atoms with Crippen LogP contribution in [-0.4, -0.2) is 31.3 Å². The monoisotopic (exact) mass is 328 g/mol. The van der Waals surface area contributed by atoms with Gasteiger partial charge in [-0.05, 0) is 30.7 Å². The molecule has 0 aliphatic heterocycles. The summed E-state index contributed by atoms with van der Waals surface area (Å²) in [6.45, 7) is 8.70. The largest absolute Gasteiger partial charge is 0.490 e. The summed E-state index contributed by atoms with van der Waals surface area (Å²) in [5, 5.41) is 3.34. The Balaban J connectivity index is 1.79. The summed E-state index contributed by atoms with van der Waals surface area (Å²) in [5.74, 6) is 2.13. The van der Waals surface area contributed by atoms with Crippen LogP contribution in [0.25, 0.3) is 0 Å². The molecule has 5 nitrogen and oxygen atoms in total. The van der Waals surface area contributed by atoms with Crippen LogP contribution < -0.4 is 19.5 Å². The molecule has 1 N–H and O–H groups in total. The predicted molar refractivity (Wildman–Crippen MR) is 94.7 cm³/mol. The first kappa shape index (κ1) is 17.8. The van der Waals surface area contributed by atoms with Crippen molar-refractivity contribution in [1.82, 2.24) is 10.3 Å². The maximum atomic E-state index is 5.64. The summed E-state index contributed by atoms with van der Waals surface area (Å²) in [6.07, 6.45) is 3.43. The molecule has 0 amide bonds. The van der Waals surface area contributed by atoms with Crippen LogP contribution in [0.1, 0.15) is 12.5 Å². The van der Waals surface area contributed by atoms with Crippen LogP contribution in [0.3, 0.4) is 0 Å². The summed E-state index contributed by atoms with van der Waals surface area (Å²) in [5.41, 5.74) is 1.13. The van der Waals surface area contributed by atoms with Crippen molar-refractivity contribution < 1.29 is 14.2 Å². The van der Waals surface area contributed by atoms with Gasteiger partial charge >= 0.3 is 0 Å². The minimum absolute atomic E-state index is 0.461. The summed E-state index contributed by atoms with van der Waals surface area (Å²) < 4.78 is 16.8. The van der Waals surface area contributed by atoms with Gasteiger partial charge < -0.3 is 19.5 Å². The second kappa shape index (κ2) is 10.3. The van der Waals surface area contributed by atoms with Gasteiger partial charge in [0, 0.05) is 25.4 Å². The maximum Gasteiger partial charge on any atom is 0.213 e. The van der Waals surface area contributed by atoms with Crippen molar-refractivity contribution in [2.45, 2.75) is 13.5 Å². The van der Waals surface area contributed by atoms with E-state index in [9.17, 15) is 0 Å². The highest BCUT2D eigenvalue weighted by atomic mass is 16.5. The van der Waals surface area contributed by atoms with Gasteiger partial charge in [0.15, 0.2) is 11.5 Å². The number of aromatic nitrogens is 1. The highest BCUT2D eigenvalue weighted by Gasteiger charge is 2.06. The van der Waals surface area contributed by atoms with Gasteiger partial charge in [0.25, 0.3) is 0 Å². The number of hydrogen-bond acceptors (Lipinski definition) is 5. The standard InChI is InChI=1S/C19H24N2O3/c1-3-12-23-17-9-8-16(14-18(17)22-4-2)15-20-11-13-24-19-7-5-6-10-21-19/h3,5-10,14,20H,1,4,11-13,15H2,2H3. The zero-order chi connectivity index (χ0) is 17.0. The molecule has 0 unspecified atom stereocenters. The van der Waals surface area contributed by atoms with Gasteiger partial charge in [-0.2, -0.15) is 0 Å². The number of pyridine rings is 1. The van der Waals surface area contributed by atoms with Crippen molar-refractivity contribution in [3.63, 3.8) is 0 Å². The van der Waals surface area contributed by atoms with E-state index < -0.39 is 0 Å². The van der Waals surface area contributed by atoms with Crippen LogP contribution in [0.4, 0.5) is 0 Å². The molecule has 128 valence electrons. The smallest absolute Gasteiger partial charge is 0.213 e. The Labute approximate surface area is 143 Å². The van der Waals surface area contributed by atoms with E-state index in [-0.39, 0.29) is 0 Å². The SMILES string of the molecule is C=CCOc1ccc(CNCCOc2ccccn2)cc1OCC. The molecule has 2 rings (SSSR count). The molecule has 0 radical (unpaired) electrons. The molecule has 0 fully saturated rings. The van der Waals surface area contributed by atoms with E-state index in [4.69, 9.17) is 14.2 Å². The lowest BCUT2D eigenvalue weighted by atomic mass is 10.2. The van der Waals surface area contributed by atoms with Crippen molar-refractivity contribution in [2.75, 3.05) is 26.4 Å². The predicted octanol–water partition coefficient (Wildman–Crippen LogP) is 3.21. The molecule has 0 bridgehead atoms. The lowest BCUT2D eigenvalue weighted by molar-refractivity contribution is 0.295. The van der Waals surface area contributed by atoms with Crippen LogP contribution in [0.2, 0.25) is 0 Å². The third-order valence-corrected chi connectivity index (χ3v) is 3.16. The summed E-state index contributed by atoms with van der Waals surface area (Å²) in [6, 6.07) is 11.6. The Morgan fingerprint density at radius 3 is 2.79 bits per heavy atom. The molecule has 1 heterocycles. The Hall–Kier alpha value is -2.53. The lowest BCUT2D eigenvalue weighted by Crippen LogP contribution is -2.20. The van der Waals surface area contributed by atoms with E-state index in [1.165, 1.54) is 0 Å². The maximum absolute atomic E-state index is 5.64. The number of benzene rings is 1. The second-order valence-corrected chi connectivity index (χ2v) is 5.01. The fourth-order valence-electron chi connectivity index (χ4n) is 2.09. The molecule has 1 aromatic carbocycles. The minimum Gasteiger partial charge on any atom is -0.490 e. The van der Waals surface area contributed by atoms with E-state index in [2.05, 4.69) is 16.9 Å². The molecule has 0 atom stereocenters. The van der Waals surface area contributed by atoms with E-state index >= 15 is 0 Å². The Bertz CT molecular complexity index is 617.